The average Bonchev–Trinajstić information content (AvgIpc) is 2.98. The van der Waals surface area contributed by atoms with Gasteiger partial charge in [-0.1, -0.05) is 24.2 Å². The summed E-state index contributed by atoms with van der Waals surface area (Å²) in [6, 6.07) is 6.37. The van der Waals surface area contributed by atoms with Gasteiger partial charge in [0.15, 0.2) is 5.82 Å². The highest BCUT2D eigenvalue weighted by Crippen LogP contribution is 2.38. The van der Waals surface area contributed by atoms with Crippen LogP contribution < -0.4 is 10.6 Å². The van der Waals surface area contributed by atoms with Gasteiger partial charge < -0.3 is 9.84 Å². The second kappa shape index (κ2) is 7.36. The number of thioether (sulfide) groups is 1. The molecule has 1 aliphatic rings. The Morgan fingerprint density at radius 3 is 3.08 bits per heavy atom. The van der Waals surface area contributed by atoms with Crippen LogP contribution >= 0.6 is 11.8 Å². The number of benzene rings is 1. The van der Waals surface area contributed by atoms with Gasteiger partial charge in [0.1, 0.15) is 11.6 Å². The number of hydrogen-bond acceptors (Lipinski definition) is 5. The zero-order valence-electron chi connectivity index (χ0n) is 13.6. The third kappa shape index (κ3) is 3.62. The van der Waals surface area contributed by atoms with Crippen LogP contribution in [0, 0.1) is 12.7 Å². The van der Waals surface area contributed by atoms with Crippen molar-refractivity contribution in [2.24, 2.45) is 0 Å². The average molecular weight is 349 g/mol. The number of nitrogens with zero attached hydrogens (tertiary/aromatic N) is 1. The molecule has 5 nitrogen and oxygen atoms in total. The Kier molecular flexibility index (Phi) is 5.20. The van der Waals surface area contributed by atoms with Gasteiger partial charge in [0.25, 0.3) is 0 Å². The Morgan fingerprint density at radius 2 is 2.38 bits per heavy atom. The summed E-state index contributed by atoms with van der Waals surface area (Å²) in [5.41, 5.74) is 0.926. The summed E-state index contributed by atoms with van der Waals surface area (Å²) in [4.78, 5) is 13.2. The zero-order chi connectivity index (χ0) is 17.1. The molecule has 0 fully saturated rings. The van der Waals surface area contributed by atoms with Crippen molar-refractivity contribution in [1.82, 2.24) is 10.5 Å². The van der Waals surface area contributed by atoms with Gasteiger partial charge in [-0.05, 0) is 37.1 Å². The van der Waals surface area contributed by atoms with Crippen molar-refractivity contribution in [3.63, 3.8) is 0 Å². The molecule has 24 heavy (non-hydrogen) atoms. The molecule has 1 aromatic carbocycles. The molecule has 0 saturated carbocycles. The molecular weight excluding hydrogens is 329 g/mol. The largest absolute Gasteiger partial charge is 0.360 e. The fourth-order valence-corrected chi connectivity index (χ4v) is 3.96. The first-order valence-electron chi connectivity index (χ1n) is 8.00. The van der Waals surface area contributed by atoms with Gasteiger partial charge in [0.05, 0.1) is 6.04 Å². The molecule has 2 aromatic rings. The Labute approximate surface area is 144 Å². The molecule has 0 saturated heterocycles. The fourth-order valence-electron chi connectivity index (χ4n) is 2.82. The molecule has 128 valence electrons. The summed E-state index contributed by atoms with van der Waals surface area (Å²) < 4.78 is 18.9. The quantitative estimate of drug-likeness (QED) is 0.862. The van der Waals surface area contributed by atoms with Gasteiger partial charge in [0.2, 0.25) is 5.91 Å². The number of aromatic nitrogens is 1. The lowest BCUT2D eigenvalue weighted by Crippen LogP contribution is -2.42. The fraction of sp³-hybridized carbons (Fsp3) is 0.412. The molecule has 1 aliphatic heterocycles. The van der Waals surface area contributed by atoms with Crippen LogP contribution in [0.4, 0.5) is 10.2 Å². The van der Waals surface area contributed by atoms with E-state index in [0.717, 1.165) is 17.7 Å². The first-order chi connectivity index (χ1) is 11.6. The lowest BCUT2D eigenvalue weighted by molar-refractivity contribution is -0.118. The van der Waals surface area contributed by atoms with E-state index < -0.39 is 0 Å². The first kappa shape index (κ1) is 17.0. The number of nitrogens with one attached hydrogen (secondary N) is 2. The minimum absolute atomic E-state index is 0.0355. The molecule has 1 amide bonds. The van der Waals surface area contributed by atoms with Crippen molar-refractivity contribution >= 4 is 23.5 Å². The maximum Gasteiger partial charge on any atom is 0.242 e. The SMILES string of the molecule is CC[C@@H](N[C@H]1CCSc2c(F)cccc21)C(=O)Nc1cc(C)on1. The number of amides is 1. The number of anilines is 1. The lowest BCUT2D eigenvalue weighted by Gasteiger charge is -2.29. The Morgan fingerprint density at radius 1 is 1.54 bits per heavy atom. The summed E-state index contributed by atoms with van der Waals surface area (Å²) >= 11 is 1.53. The maximum atomic E-state index is 14.0. The summed E-state index contributed by atoms with van der Waals surface area (Å²) in [5.74, 6) is 1.51. The highest BCUT2D eigenvalue weighted by Gasteiger charge is 2.27. The van der Waals surface area contributed by atoms with Crippen LogP contribution in [0.3, 0.4) is 0 Å². The number of halogens is 1. The van der Waals surface area contributed by atoms with Gasteiger partial charge in [-0.3, -0.25) is 10.1 Å². The van der Waals surface area contributed by atoms with Gasteiger partial charge >= 0.3 is 0 Å². The van der Waals surface area contributed by atoms with E-state index in [0.29, 0.717) is 22.9 Å². The molecule has 2 heterocycles. The predicted molar refractivity (Wildman–Crippen MR) is 91.6 cm³/mol. The topological polar surface area (TPSA) is 67.2 Å². The Hall–Kier alpha value is -1.86. The molecule has 7 heteroatoms. The molecule has 2 atom stereocenters. The highest BCUT2D eigenvalue weighted by atomic mass is 32.2. The molecule has 3 rings (SSSR count). The van der Waals surface area contributed by atoms with Crippen LogP contribution in [0.25, 0.3) is 0 Å². The number of rotatable bonds is 5. The molecule has 1 aromatic heterocycles. The van der Waals surface area contributed by atoms with Gasteiger partial charge in [-0.25, -0.2) is 4.39 Å². The van der Waals surface area contributed by atoms with Gasteiger partial charge in [0, 0.05) is 17.0 Å². The van der Waals surface area contributed by atoms with E-state index >= 15 is 0 Å². The van der Waals surface area contributed by atoms with Crippen LogP contribution in [0.1, 0.15) is 37.1 Å². The molecule has 2 N–H and O–H groups in total. The molecule has 0 radical (unpaired) electrons. The van der Waals surface area contributed by atoms with E-state index in [1.54, 1.807) is 19.1 Å². The van der Waals surface area contributed by atoms with Crippen molar-refractivity contribution in [3.05, 3.63) is 41.4 Å². The molecular formula is C17H20FN3O2S. The van der Waals surface area contributed by atoms with Crippen LogP contribution in [-0.4, -0.2) is 22.9 Å². The second-order valence-corrected chi connectivity index (χ2v) is 6.89. The van der Waals surface area contributed by atoms with E-state index in [9.17, 15) is 9.18 Å². The normalized spacial score (nSPS) is 18.0. The number of aryl methyl sites for hydroxylation is 1. The maximum absolute atomic E-state index is 14.0. The molecule has 0 aliphatic carbocycles. The van der Waals surface area contributed by atoms with E-state index in [1.165, 1.54) is 17.8 Å². The Balaban J connectivity index is 1.72. The predicted octanol–water partition coefficient (Wildman–Crippen LogP) is 3.67. The summed E-state index contributed by atoms with van der Waals surface area (Å²) in [6.07, 6.45) is 1.48. The first-order valence-corrected chi connectivity index (χ1v) is 8.98. The lowest BCUT2D eigenvalue weighted by atomic mass is 10.0. The van der Waals surface area contributed by atoms with Gasteiger partial charge in [-0.2, -0.15) is 0 Å². The molecule has 0 spiro atoms. The highest BCUT2D eigenvalue weighted by molar-refractivity contribution is 7.99. The van der Waals surface area contributed by atoms with Crippen LogP contribution in [0.5, 0.6) is 0 Å². The minimum atomic E-state index is -0.383. The number of hydrogen-bond donors (Lipinski definition) is 2. The number of fused-ring (bicyclic) bond motifs is 1. The smallest absolute Gasteiger partial charge is 0.242 e. The number of carbonyl (C=O) groups excluding carboxylic acids is 1. The van der Waals surface area contributed by atoms with Crippen LogP contribution in [-0.2, 0) is 4.79 Å². The minimum Gasteiger partial charge on any atom is -0.360 e. The van der Waals surface area contributed by atoms with E-state index in [1.807, 2.05) is 13.0 Å². The summed E-state index contributed by atoms with van der Waals surface area (Å²) in [6.45, 7) is 3.71. The van der Waals surface area contributed by atoms with Crippen molar-refractivity contribution in [2.75, 3.05) is 11.1 Å². The molecule has 0 bridgehead atoms. The second-order valence-electron chi connectivity index (χ2n) is 5.79. The molecule has 0 unspecified atom stereocenters. The van der Waals surface area contributed by atoms with Crippen LogP contribution in [0.2, 0.25) is 0 Å². The third-order valence-electron chi connectivity index (χ3n) is 4.03. The summed E-state index contributed by atoms with van der Waals surface area (Å²) in [5, 5.41) is 9.90. The standard InChI is InChI=1S/C17H20FN3O2S/c1-3-13(17(22)20-15-9-10(2)23-21-15)19-14-7-8-24-16-11(14)5-4-6-12(16)18/h4-6,9,13-14,19H,3,7-8H2,1-2H3,(H,20,21,22)/t13-,14+/m1/s1. The monoisotopic (exact) mass is 349 g/mol. The number of carbonyl (C=O) groups is 1. The van der Waals surface area contributed by atoms with Crippen molar-refractivity contribution in [3.8, 4) is 0 Å². The third-order valence-corrected chi connectivity index (χ3v) is 5.19. The Bertz CT molecular complexity index is 734. The van der Waals surface area contributed by atoms with Gasteiger partial charge in [-0.15, -0.1) is 11.8 Å². The van der Waals surface area contributed by atoms with E-state index in [2.05, 4.69) is 15.8 Å². The van der Waals surface area contributed by atoms with Crippen molar-refractivity contribution in [2.45, 2.75) is 43.7 Å². The van der Waals surface area contributed by atoms with E-state index in [4.69, 9.17) is 4.52 Å². The van der Waals surface area contributed by atoms with Crippen molar-refractivity contribution < 1.29 is 13.7 Å². The van der Waals surface area contributed by atoms with E-state index in [-0.39, 0.29) is 23.8 Å². The summed E-state index contributed by atoms with van der Waals surface area (Å²) in [7, 11) is 0. The van der Waals surface area contributed by atoms with Crippen molar-refractivity contribution in [1.29, 1.82) is 0 Å². The zero-order valence-corrected chi connectivity index (χ0v) is 14.5. The van der Waals surface area contributed by atoms with Crippen LogP contribution in [0.15, 0.2) is 33.7 Å².